The molecule has 5 rings (SSSR count). The first-order valence-electron chi connectivity index (χ1n) is 11.0. The maximum Gasteiger partial charge on any atom is 0.494 e. The second-order valence-corrected chi connectivity index (χ2v) is 10.7. The Morgan fingerprint density at radius 2 is 1.97 bits per heavy atom. The van der Waals surface area contributed by atoms with E-state index in [1.807, 2.05) is 38.3 Å². The van der Waals surface area contributed by atoms with E-state index in [0.717, 1.165) is 29.9 Å². The van der Waals surface area contributed by atoms with Crippen LogP contribution in [0.25, 0.3) is 10.3 Å². The summed E-state index contributed by atoms with van der Waals surface area (Å²) in [6.45, 7) is 9.14. The number of hydrogen-bond acceptors (Lipinski definition) is 6. The summed E-state index contributed by atoms with van der Waals surface area (Å²) in [6.07, 6.45) is 1.28. The van der Waals surface area contributed by atoms with Gasteiger partial charge < -0.3 is 23.7 Å². The van der Waals surface area contributed by atoms with Crippen LogP contribution in [0.3, 0.4) is 0 Å². The number of ether oxygens (including phenoxy) is 1. The van der Waals surface area contributed by atoms with Crippen molar-refractivity contribution in [2.24, 2.45) is 0 Å². The van der Waals surface area contributed by atoms with Crippen molar-refractivity contribution in [3.8, 4) is 0 Å². The minimum atomic E-state index is -0.977. The van der Waals surface area contributed by atoms with E-state index in [4.69, 9.17) is 14.0 Å². The maximum atomic E-state index is 15.1. The highest BCUT2D eigenvalue weighted by Gasteiger charge is 2.51. The lowest BCUT2D eigenvalue weighted by molar-refractivity contribution is -0.0589. The SMILES string of the molecule is CC1(C)OB(c2ccc(Cc3nc4sc(C(=O)O)cc4n3C[C@@H]3CCO3)c(F)c2)OC1(C)C. The molecule has 7 nitrogen and oxygen atoms in total. The Morgan fingerprint density at radius 3 is 2.55 bits per heavy atom. The van der Waals surface area contributed by atoms with E-state index in [1.54, 1.807) is 12.1 Å². The first-order chi connectivity index (χ1) is 15.5. The fraction of sp³-hybridized carbons (Fsp3) is 0.478. The lowest BCUT2D eigenvalue weighted by atomic mass is 9.78. The summed E-state index contributed by atoms with van der Waals surface area (Å²) >= 11 is 1.13. The van der Waals surface area contributed by atoms with Gasteiger partial charge in [0.2, 0.25) is 0 Å². The molecule has 0 radical (unpaired) electrons. The van der Waals surface area contributed by atoms with Gasteiger partial charge in [-0.05, 0) is 57.3 Å². The van der Waals surface area contributed by atoms with E-state index in [0.29, 0.717) is 28.2 Å². The number of fused-ring (bicyclic) bond motifs is 1. The second-order valence-electron chi connectivity index (χ2n) is 9.64. The summed E-state index contributed by atoms with van der Waals surface area (Å²) in [5, 5.41) is 9.33. The number of carbonyl (C=O) groups is 1. The molecule has 1 atom stereocenters. The number of nitrogens with zero attached hydrogens (tertiary/aromatic N) is 2. The highest BCUT2D eigenvalue weighted by Crippen LogP contribution is 2.36. The van der Waals surface area contributed by atoms with Gasteiger partial charge in [-0.25, -0.2) is 14.2 Å². The minimum Gasteiger partial charge on any atom is -0.477 e. The van der Waals surface area contributed by atoms with Gasteiger partial charge in [0.15, 0.2) is 0 Å². The highest BCUT2D eigenvalue weighted by atomic mass is 32.1. The summed E-state index contributed by atoms with van der Waals surface area (Å²) in [5.74, 6) is -0.646. The number of aromatic carboxylic acids is 1. The fourth-order valence-electron chi connectivity index (χ4n) is 4.04. The van der Waals surface area contributed by atoms with Gasteiger partial charge in [0.05, 0.1) is 29.4 Å². The minimum absolute atomic E-state index is 0.0601. The predicted molar refractivity (Wildman–Crippen MR) is 124 cm³/mol. The van der Waals surface area contributed by atoms with Crippen LogP contribution in [-0.4, -0.2) is 51.7 Å². The van der Waals surface area contributed by atoms with Crippen LogP contribution in [0.1, 0.15) is 55.2 Å². The van der Waals surface area contributed by atoms with E-state index in [1.165, 1.54) is 6.07 Å². The van der Waals surface area contributed by atoms with Crippen LogP contribution >= 0.6 is 11.3 Å². The molecule has 33 heavy (non-hydrogen) atoms. The molecule has 0 spiro atoms. The van der Waals surface area contributed by atoms with E-state index >= 15 is 4.39 Å². The Hall–Kier alpha value is -2.27. The smallest absolute Gasteiger partial charge is 0.477 e. The van der Waals surface area contributed by atoms with Crippen LogP contribution in [0.15, 0.2) is 24.3 Å². The standard InChI is InChI=1S/C23H26BFN2O5S/c1-22(2)23(3,4)32-24(31-22)14-6-5-13(16(25)10-14)9-19-26-20-17(11-18(33-20)21(28)29)27(19)12-15-7-8-30-15/h5-6,10-11,15H,7-9,12H2,1-4H3,(H,28,29)/t15-/m0/s1. The van der Waals surface area contributed by atoms with E-state index in [-0.39, 0.29) is 23.2 Å². The van der Waals surface area contributed by atoms with Crippen LogP contribution in [0.5, 0.6) is 0 Å². The Kier molecular flexibility index (Phi) is 5.39. The fourth-order valence-corrected chi connectivity index (χ4v) is 4.93. The van der Waals surface area contributed by atoms with Crippen molar-refractivity contribution in [2.75, 3.05) is 6.61 Å². The topological polar surface area (TPSA) is 82.8 Å². The zero-order valence-electron chi connectivity index (χ0n) is 19.1. The molecule has 2 aliphatic heterocycles. The highest BCUT2D eigenvalue weighted by molar-refractivity contribution is 7.20. The van der Waals surface area contributed by atoms with Crippen molar-refractivity contribution in [3.63, 3.8) is 0 Å². The largest absolute Gasteiger partial charge is 0.494 e. The molecule has 174 valence electrons. The van der Waals surface area contributed by atoms with Gasteiger partial charge >= 0.3 is 13.1 Å². The van der Waals surface area contributed by atoms with Crippen LogP contribution in [0.4, 0.5) is 4.39 Å². The van der Waals surface area contributed by atoms with Gasteiger partial charge in [0.1, 0.15) is 21.3 Å². The van der Waals surface area contributed by atoms with Crippen molar-refractivity contribution in [2.45, 2.75) is 64.4 Å². The Balaban J connectivity index is 1.43. The zero-order chi connectivity index (χ0) is 23.5. The molecule has 10 heteroatoms. The molecule has 2 aliphatic rings. The first-order valence-corrected chi connectivity index (χ1v) is 11.8. The Labute approximate surface area is 195 Å². The maximum absolute atomic E-state index is 15.1. The molecule has 0 bridgehead atoms. The van der Waals surface area contributed by atoms with Gasteiger partial charge in [0, 0.05) is 13.0 Å². The molecule has 2 saturated heterocycles. The molecule has 0 aliphatic carbocycles. The number of imidazole rings is 1. The molecule has 0 saturated carbocycles. The average Bonchev–Trinajstić information content (AvgIpc) is 3.30. The summed E-state index contributed by atoms with van der Waals surface area (Å²) in [6, 6.07) is 6.67. The molecule has 2 fully saturated rings. The number of carboxylic acids is 1. The first kappa shape index (κ1) is 22.5. The summed E-state index contributed by atoms with van der Waals surface area (Å²) in [7, 11) is -0.629. The lowest BCUT2D eigenvalue weighted by Crippen LogP contribution is -2.41. The molecular weight excluding hydrogens is 446 g/mol. The third kappa shape index (κ3) is 3.99. The van der Waals surface area contributed by atoms with Gasteiger partial charge in [-0.3, -0.25) is 0 Å². The predicted octanol–water partition coefficient (Wildman–Crippen LogP) is 3.61. The van der Waals surface area contributed by atoms with Crippen molar-refractivity contribution in [1.29, 1.82) is 0 Å². The molecular formula is C23H26BFN2O5S. The summed E-state index contributed by atoms with van der Waals surface area (Å²) in [4.78, 5) is 16.9. The number of hydrogen-bond donors (Lipinski definition) is 1. The number of thiophene rings is 1. The summed E-state index contributed by atoms with van der Waals surface area (Å²) < 4.78 is 34.8. The molecule has 0 amide bonds. The van der Waals surface area contributed by atoms with Crippen LogP contribution in [0, 0.1) is 5.82 Å². The number of halogens is 1. The van der Waals surface area contributed by atoms with Crippen molar-refractivity contribution < 1.29 is 28.3 Å². The average molecular weight is 472 g/mol. The second kappa shape index (κ2) is 7.90. The molecule has 0 unspecified atom stereocenters. The number of rotatable bonds is 6. The van der Waals surface area contributed by atoms with Crippen molar-refractivity contribution in [1.82, 2.24) is 9.55 Å². The van der Waals surface area contributed by atoms with Crippen molar-refractivity contribution >= 4 is 40.2 Å². The van der Waals surface area contributed by atoms with Gasteiger partial charge in [-0.2, -0.15) is 0 Å². The normalized spacial score (nSPS) is 21.5. The number of benzene rings is 1. The van der Waals surface area contributed by atoms with Crippen LogP contribution in [-0.2, 0) is 27.0 Å². The number of aromatic nitrogens is 2. The zero-order valence-corrected chi connectivity index (χ0v) is 19.9. The van der Waals surface area contributed by atoms with Gasteiger partial charge in [-0.1, -0.05) is 12.1 Å². The lowest BCUT2D eigenvalue weighted by Gasteiger charge is -2.32. The molecule has 3 aromatic rings. The quantitative estimate of drug-likeness (QED) is 0.552. The third-order valence-electron chi connectivity index (χ3n) is 6.87. The third-order valence-corrected chi connectivity index (χ3v) is 7.87. The number of carboxylic acid groups (broad SMARTS) is 1. The van der Waals surface area contributed by atoms with E-state index in [2.05, 4.69) is 4.98 Å². The molecule has 2 aromatic heterocycles. The van der Waals surface area contributed by atoms with E-state index < -0.39 is 24.3 Å². The Bertz CT molecular complexity index is 1220. The molecule has 1 aromatic carbocycles. The van der Waals surface area contributed by atoms with Crippen LogP contribution < -0.4 is 5.46 Å². The van der Waals surface area contributed by atoms with Gasteiger partial charge in [0.25, 0.3) is 0 Å². The monoisotopic (exact) mass is 472 g/mol. The van der Waals surface area contributed by atoms with Gasteiger partial charge in [-0.15, -0.1) is 11.3 Å². The van der Waals surface area contributed by atoms with E-state index in [9.17, 15) is 9.90 Å². The van der Waals surface area contributed by atoms with Crippen molar-refractivity contribution in [3.05, 3.63) is 46.3 Å². The Morgan fingerprint density at radius 1 is 1.27 bits per heavy atom. The van der Waals surface area contributed by atoms with Crippen LogP contribution in [0.2, 0.25) is 0 Å². The summed E-state index contributed by atoms with van der Waals surface area (Å²) in [5.41, 5.74) is 0.885. The molecule has 4 heterocycles. The molecule has 1 N–H and O–H groups in total.